The van der Waals surface area contributed by atoms with E-state index in [9.17, 15) is 19.7 Å². The van der Waals surface area contributed by atoms with Gasteiger partial charge in [0.2, 0.25) is 11.8 Å². The number of anilines is 2. The van der Waals surface area contributed by atoms with Crippen LogP contribution in [0.2, 0.25) is 0 Å². The number of carbonyl (C=O) groups is 2. The molecule has 1 aromatic heterocycles. The number of nitrogens with zero attached hydrogens (tertiary/aromatic N) is 4. The molecule has 0 bridgehead atoms. The van der Waals surface area contributed by atoms with Crippen LogP contribution in [0.4, 0.5) is 17.1 Å². The number of aromatic nitrogens is 3. The molecule has 0 radical (unpaired) electrons. The van der Waals surface area contributed by atoms with E-state index in [1.54, 1.807) is 35.8 Å². The second-order valence-corrected chi connectivity index (χ2v) is 7.36. The molecular formula is C20H20N6O5S. The van der Waals surface area contributed by atoms with Crippen LogP contribution in [0, 0.1) is 10.1 Å². The smallest absolute Gasteiger partial charge is 0.296 e. The van der Waals surface area contributed by atoms with Gasteiger partial charge in [-0.3, -0.25) is 24.3 Å². The molecule has 0 saturated carbocycles. The number of nitro benzene ring substituents is 1. The number of nitrogens with one attached hydrogen (secondary N) is 2. The largest absolute Gasteiger partial charge is 0.494 e. The number of amides is 2. The lowest BCUT2D eigenvalue weighted by molar-refractivity contribution is -0.384. The predicted octanol–water partition coefficient (Wildman–Crippen LogP) is 3.26. The molecule has 11 nitrogen and oxygen atoms in total. The third-order valence-corrected chi connectivity index (χ3v) is 4.99. The molecule has 0 spiro atoms. The molecule has 2 N–H and O–H groups in total. The van der Waals surface area contributed by atoms with Crippen LogP contribution in [0.1, 0.15) is 13.8 Å². The normalized spacial score (nSPS) is 10.4. The molecule has 32 heavy (non-hydrogen) atoms. The fourth-order valence-corrected chi connectivity index (χ4v) is 3.51. The summed E-state index contributed by atoms with van der Waals surface area (Å²) in [6, 6.07) is 11.3. The number of hydrogen-bond donors (Lipinski definition) is 2. The van der Waals surface area contributed by atoms with Gasteiger partial charge in [0.15, 0.2) is 5.16 Å². The summed E-state index contributed by atoms with van der Waals surface area (Å²) in [5.41, 5.74) is 1.13. The highest BCUT2D eigenvalue weighted by molar-refractivity contribution is 7.99. The van der Waals surface area contributed by atoms with Gasteiger partial charge in [0.25, 0.3) is 5.69 Å². The van der Waals surface area contributed by atoms with E-state index in [-0.39, 0.29) is 23.0 Å². The Bertz CT molecular complexity index is 1150. The van der Waals surface area contributed by atoms with Crippen LogP contribution >= 0.6 is 11.8 Å². The maximum atomic E-state index is 12.4. The van der Waals surface area contributed by atoms with Crippen LogP contribution in [0.15, 0.2) is 53.9 Å². The summed E-state index contributed by atoms with van der Waals surface area (Å²) in [6.07, 6.45) is 1.49. The van der Waals surface area contributed by atoms with Crippen molar-refractivity contribution in [1.29, 1.82) is 0 Å². The Kier molecular flexibility index (Phi) is 7.39. The molecule has 0 saturated heterocycles. The molecule has 3 rings (SSSR count). The van der Waals surface area contributed by atoms with E-state index in [4.69, 9.17) is 4.74 Å². The van der Waals surface area contributed by atoms with Gasteiger partial charge in [0, 0.05) is 12.6 Å². The van der Waals surface area contributed by atoms with Crippen LogP contribution < -0.4 is 15.4 Å². The summed E-state index contributed by atoms with van der Waals surface area (Å²) >= 11 is 1.12. The maximum absolute atomic E-state index is 12.4. The van der Waals surface area contributed by atoms with Crippen molar-refractivity contribution in [3.05, 3.63) is 58.9 Å². The van der Waals surface area contributed by atoms with Gasteiger partial charge in [-0.2, -0.15) is 0 Å². The molecule has 166 valence electrons. The lowest BCUT2D eigenvalue weighted by Crippen LogP contribution is -2.15. The van der Waals surface area contributed by atoms with Gasteiger partial charge >= 0.3 is 0 Å². The third-order valence-electron chi connectivity index (χ3n) is 4.04. The number of carbonyl (C=O) groups excluding carboxylic acids is 2. The molecule has 0 aliphatic carbocycles. The van der Waals surface area contributed by atoms with Crippen molar-refractivity contribution in [3.63, 3.8) is 0 Å². The first-order valence-corrected chi connectivity index (χ1v) is 10.5. The van der Waals surface area contributed by atoms with Crippen molar-refractivity contribution in [2.45, 2.75) is 19.0 Å². The van der Waals surface area contributed by atoms with Gasteiger partial charge in [-0.1, -0.05) is 17.8 Å². The number of rotatable bonds is 9. The van der Waals surface area contributed by atoms with Crippen molar-refractivity contribution in [2.75, 3.05) is 23.0 Å². The number of hydrogen-bond acceptors (Lipinski definition) is 8. The highest BCUT2D eigenvalue weighted by Gasteiger charge is 2.18. The Labute approximate surface area is 187 Å². The highest BCUT2D eigenvalue weighted by Crippen LogP contribution is 2.29. The van der Waals surface area contributed by atoms with Gasteiger partial charge in [-0.25, -0.2) is 0 Å². The topological polar surface area (TPSA) is 141 Å². The highest BCUT2D eigenvalue weighted by atomic mass is 32.2. The average molecular weight is 456 g/mol. The average Bonchev–Trinajstić information content (AvgIpc) is 3.22. The molecule has 0 fully saturated rings. The van der Waals surface area contributed by atoms with E-state index in [2.05, 4.69) is 20.8 Å². The zero-order valence-electron chi connectivity index (χ0n) is 17.3. The zero-order valence-corrected chi connectivity index (χ0v) is 18.1. The number of ether oxygens (including phenoxy) is 1. The van der Waals surface area contributed by atoms with E-state index in [1.165, 1.54) is 25.4 Å². The molecular weight excluding hydrogens is 436 g/mol. The Balaban J connectivity index is 1.69. The summed E-state index contributed by atoms with van der Waals surface area (Å²) in [5.74, 6) is -0.334. The van der Waals surface area contributed by atoms with Gasteiger partial charge in [0.1, 0.15) is 17.8 Å². The van der Waals surface area contributed by atoms with E-state index in [0.717, 1.165) is 11.8 Å². The van der Waals surface area contributed by atoms with Gasteiger partial charge in [-0.05, 0) is 37.3 Å². The Morgan fingerprint density at radius 2 is 2.03 bits per heavy atom. The Hall–Kier alpha value is -3.93. The third kappa shape index (κ3) is 5.82. The second-order valence-electron chi connectivity index (χ2n) is 6.42. The summed E-state index contributed by atoms with van der Waals surface area (Å²) in [7, 11) is 0. The quantitative estimate of drug-likeness (QED) is 0.284. The summed E-state index contributed by atoms with van der Waals surface area (Å²) in [5, 5.41) is 25.0. The molecule has 1 heterocycles. The molecule has 2 aromatic carbocycles. The van der Waals surface area contributed by atoms with Gasteiger partial charge in [-0.15, -0.1) is 10.2 Å². The molecule has 0 unspecified atom stereocenters. The van der Waals surface area contributed by atoms with Crippen LogP contribution in [-0.4, -0.2) is 43.9 Å². The van der Waals surface area contributed by atoms with Crippen LogP contribution in [-0.2, 0) is 9.59 Å². The van der Waals surface area contributed by atoms with Crippen LogP contribution in [0.25, 0.3) is 5.69 Å². The SMILES string of the molecule is CCOc1ccc(NC(=O)CSc2nncn2-c2cccc(NC(C)=O)c2)c([N+](=O)[O-])c1. The van der Waals surface area contributed by atoms with E-state index >= 15 is 0 Å². The van der Waals surface area contributed by atoms with Crippen molar-refractivity contribution in [2.24, 2.45) is 0 Å². The fraction of sp³-hybridized carbons (Fsp3) is 0.200. The Morgan fingerprint density at radius 1 is 1.22 bits per heavy atom. The summed E-state index contributed by atoms with van der Waals surface area (Å²) < 4.78 is 6.94. The maximum Gasteiger partial charge on any atom is 0.296 e. The molecule has 12 heteroatoms. The monoisotopic (exact) mass is 456 g/mol. The molecule has 0 aliphatic heterocycles. The summed E-state index contributed by atoms with van der Waals surface area (Å²) in [4.78, 5) is 34.5. The number of nitro groups is 1. The first kappa shape index (κ1) is 22.7. The zero-order chi connectivity index (χ0) is 23.1. The summed E-state index contributed by atoms with van der Waals surface area (Å²) in [6.45, 7) is 3.56. The molecule has 2 amide bonds. The standard InChI is InChI=1S/C20H20N6O5S/c1-3-31-16-7-8-17(18(10-16)26(29)30)23-19(28)11-32-20-24-21-12-25(20)15-6-4-5-14(9-15)22-13(2)27/h4-10,12H,3,11H2,1-2H3,(H,22,27)(H,23,28). The van der Waals surface area contributed by atoms with Crippen molar-refractivity contribution < 1.29 is 19.2 Å². The van der Waals surface area contributed by atoms with Gasteiger partial charge < -0.3 is 15.4 Å². The minimum Gasteiger partial charge on any atom is -0.494 e. The van der Waals surface area contributed by atoms with Gasteiger partial charge in [0.05, 0.1) is 29.0 Å². The van der Waals surface area contributed by atoms with Crippen molar-refractivity contribution in [1.82, 2.24) is 14.8 Å². The minimum atomic E-state index is -0.579. The molecule has 3 aromatic rings. The lowest BCUT2D eigenvalue weighted by atomic mass is 10.2. The lowest BCUT2D eigenvalue weighted by Gasteiger charge is -2.10. The second kappa shape index (κ2) is 10.4. The first-order chi connectivity index (χ1) is 15.4. The molecule has 0 aliphatic rings. The fourth-order valence-electron chi connectivity index (χ4n) is 2.78. The van der Waals surface area contributed by atoms with Crippen LogP contribution in [0.3, 0.4) is 0 Å². The molecule has 0 atom stereocenters. The van der Waals surface area contributed by atoms with Crippen molar-refractivity contribution >= 4 is 40.6 Å². The van der Waals surface area contributed by atoms with E-state index < -0.39 is 10.8 Å². The van der Waals surface area contributed by atoms with Crippen molar-refractivity contribution in [3.8, 4) is 11.4 Å². The van der Waals surface area contributed by atoms with Crippen LogP contribution in [0.5, 0.6) is 5.75 Å². The minimum absolute atomic E-state index is 0.0472. The predicted molar refractivity (Wildman–Crippen MR) is 119 cm³/mol. The number of benzene rings is 2. The van der Waals surface area contributed by atoms with E-state index in [0.29, 0.717) is 28.9 Å². The first-order valence-electron chi connectivity index (χ1n) is 9.49. The van der Waals surface area contributed by atoms with E-state index in [1.807, 2.05) is 6.07 Å². The Morgan fingerprint density at radius 3 is 2.75 bits per heavy atom. The number of thioether (sulfide) groups is 1.